The molecule has 19 heavy (non-hydrogen) atoms. The van der Waals surface area contributed by atoms with E-state index >= 15 is 0 Å². The average molecular weight is 261 g/mol. The molecule has 2 rings (SSSR count). The lowest BCUT2D eigenvalue weighted by atomic mass is 10.1. The van der Waals surface area contributed by atoms with Crippen LogP contribution in [0, 0.1) is 0 Å². The molecule has 3 N–H and O–H groups in total. The Hall–Kier alpha value is -1.88. The first-order valence-electron chi connectivity index (χ1n) is 6.55. The Morgan fingerprint density at radius 1 is 1.21 bits per heavy atom. The van der Waals surface area contributed by atoms with Gasteiger partial charge in [0.1, 0.15) is 0 Å². The largest absolute Gasteiger partial charge is 0.344 e. The smallest absolute Gasteiger partial charge is 0.311 e. The van der Waals surface area contributed by atoms with Gasteiger partial charge in [0.2, 0.25) is 0 Å². The van der Waals surface area contributed by atoms with Gasteiger partial charge < -0.3 is 16.0 Å². The Kier molecular flexibility index (Phi) is 4.52. The Balaban J connectivity index is 1.87. The number of hydrogen-bond donors (Lipinski definition) is 2. The Labute approximate surface area is 112 Å². The van der Waals surface area contributed by atoms with E-state index in [1.165, 1.54) is 0 Å². The molecule has 1 aliphatic heterocycles. The van der Waals surface area contributed by atoms with Gasteiger partial charge in [0.15, 0.2) is 0 Å². The second-order valence-corrected chi connectivity index (χ2v) is 4.71. The molecule has 0 radical (unpaired) electrons. The van der Waals surface area contributed by atoms with E-state index in [0.29, 0.717) is 26.2 Å². The third-order valence-corrected chi connectivity index (χ3v) is 3.27. The Morgan fingerprint density at radius 3 is 2.58 bits per heavy atom. The van der Waals surface area contributed by atoms with Crippen LogP contribution in [0.4, 0.5) is 0 Å². The second kappa shape index (κ2) is 6.33. The lowest BCUT2D eigenvalue weighted by Crippen LogP contribution is -2.41. The molecular weight excluding hydrogens is 242 g/mol. The van der Waals surface area contributed by atoms with Gasteiger partial charge >= 0.3 is 11.8 Å². The normalized spacial score (nSPS) is 14.5. The van der Waals surface area contributed by atoms with Crippen LogP contribution in [0.2, 0.25) is 0 Å². The van der Waals surface area contributed by atoms with Crippen molar-refractivity contribution in [1.29, 1.82) is 0 Å². The number of carbonyl (C=O) groups is 2. The van der Waals surface area contributed by atoms with E-state index < -0.39 is 11.8 Å². The topological polar surface area (TPSA) is 75.4 Å². The molecule has 1 aromatic rings. The number of benzene rings is 1. The van der Waals surface area contributed by atoms with Gasteiger partial charge in [-0.25, -0.2) is 0 Å². The van der Waals surface area contributed by atoms with Crippen LogP contribution >= 0.6 is 0 Å². The van der Waals surface area contributed by atoms with Gasteiger partial charge in [0, 0.05) is 26.2 Å². The van der Waals surface area contributed by atoms with Gasteiger partial charge in [0.05, 0.1) is 0 Å². The van der Waals surface area contributed by atoms with Gasteiger partial charge in [0.25, 0.3) is 0 Å². The van der Waals surface area contributed by atoms with Crippen molar-refractivity contribution in [2.24, 2.45) is 5.73 Å². The molecular formula is C14H19N3O2. The minimum atomic E-state index is -0.528. The lowest BCUT2D eigenvalue weighted by Gasteiger charge is -2.14. The maximum atomic E-state index is 11.8. The highest BCUT2D eigenvalue weighted by Gasteiger charge is 2.23. The highest BCUT2D eigenvalue weighted by Crippen LogP contribution is 2.08. The van der Waals surface area contributed by atoms with E-state index in [1.807, 2.05) is 24.3 Å². The van der Waals surface area contributed by atoms with Crippen molar-refractivity contribution in [2.75, 3.05) is 13.1 Å². The van der Waals surface area contributed by atoms with Crippen molar-refractivity contribution in [1.82, 2.24) is 10.2 Å². The molecule has 1 saturated heterocycles. The highest BCUT2D eigenvalue weighted by atomic mass is 16.2. The third kappa shape index (κ3) is 3.54. The number of likely N-dealkylation sites (tertiary alicyclic amines) is 1. The summed E-state index contributed by atoms with van der Waals surface area (Å²) in [5, 5.41) is 2.66. The fourth-order valence-corrected chi connectivity index (χ4v) is 2.19. The standard InChI is InChI=1S/C14H19N3O2/c15-9-11-4-3-5-12(8-11)10-16-13(18)14(19)17-6-1-2-7-17/h3-5,8H,1-2,6-7,9-10,15H2,(H,16,18). The molecule has 0 bridgehead atoms. The average Bonchev–Trinajstić information content (AvgIpc) is 2.98. The van der Waals surface area contributed by atoms with Gasteiger partial charge in [-0.3, -0.25) is 9.59 Å². The number of nitrogens with two attached hydrogens (primary N) is 1. The van der Waals surface area contributed by atoms with Crippen molar-refractivity contribution < 1.29 is 9.59 Å². The van der Waals surface area contributed by atoms with Gasteiger partial charge in [-0.05, 0) is 24.0 Å². The zero-order valence-corrected chi connectivity index (χ0v) is 10.9. The molecule has 1 heterocycles. The number of nitrogens with zero attached hydrogens (tertiary/aromatic N) is 1. The molecule has 0 aromatic heterocycles. The molecule has 102 valence electrons. The summed E-state index contributed by atoms with van der Waals surface area (Å²) < 4.78 is 0. The molecule has 0 saturated carbocycles. The molecule has 1 aliphatic rings. The molecule has 5 nitrogen and oxygen atoms in total. The Bertz CT molecular complexity index is 468. The summed E-state index contributed by atoms with van der Waals surface area (Å²) in [7, 11) is 0. The van der Waals surface area contributed by atoms with E-state index in [-0.39, 0.29) is 0 Å². The summed E-state index contributed by atoms with van der Waals surface area (Å²) in [6.07, 6.45) is 1.97. The number of amides is 2. The van der Waals surface area contributed by atoms with Crippen LogP contribution in [0.25, 0.3) is 0 Å². The third-order valence-electron chi connectivity index (χ3n) is 3.27. The van der Waals surface area contributed by atoms with Crippen molar-refractivity contribution in [3.8, 4) is 0 Å². The molecule has 1 fully saturated rings. The fourth-order valence-electron chi connectivity index (χ4n) is 2.19. The monoisotopic (exact) mass is 261 g/mol. The minimum absolute atomic E-state index is 0.353. The van der Waals surface area contributed by atoms with Crippen LogP contribution in [0.5, 0.6) is 0 Å². The summed E-state index contributed by atoms with van der Waals surface area (Å²) in [6.45, 7) is 2.20. The molecule has 0 spiro atoms. The molecule has 0 unspecified atom stereocenters. The van der Waals surface area contributed by atoms with Crippen molar-refractivity contribution in [3.63, 3.8) is 0 Å². The fraction of sp³-hybridized carbons (Fsp3) is 0.429. The van der Waals surface area contributed by atoms with Crippen LogP contribution in [-0.2, 0) is 22.7 Å². The van der Waals surface area contributed by atoms with Crippen LogP contribution in [0.3, 0.4) is 0 Å². The number of hydrogen-bond acceptors (Lipinski definition) is 3. The summed E-state index contributed by atoms with van der Waals surface area (Å²) in [5.74, 6) is -0.951. The minimum Gasteiger partial charge on any atom is -0.344 e. The highest BCUT2D eigenvalue weighted by molar-refractivity contribution is 6.35. The van der Waals surface area contributed by atoms with Crippen LogP contribution in [-0.4, -0.2) is 29.8 Å². The molecule has 0 aliphatic carbocycles. The van der Waals surface area contributed by atoms with E-state index in [2.05, 4.69) is 5.32 Å². The van der Waals surface area contributed by atoms with E-state index in [0.717, 1.165) is 24.0 Å². The second-order valence-electron chi connectivity index (χ2n) is 4.71. The predicted molar refractivity (Wildman–Crippen MR) is 72.0 cm³/mol. The molecule has 1 aromatic carbocycles. The van der Waals surface area contributed by atoms with Gasteiger partial charge in [-0.1, -0.05) is 24.3 Å². The van der Waals surface area contributed by atoms with E-state index in [1.54, 1.807) is 4.90 Å². The predicted octanol–water partition coefficient (Wildman–Crippen LogP) is 0.384. The van der Waals surface area contributed by atoms with Gasteiger partial charge in [-0.15, -0.1) is 0 Å². The van der Waals surface area contributed by atoms with Crippen LogP contribution < -0.4 is 11.1 Å². The summed E-state index contributed by atoms with van der Waals surface area (Å²) in [6, 6.07) is 7.66. The maximum Gasteiger partial charge on any atom is 0.311 e. The van der Waals surface area contributed by atoms with Crippen LogP contribution in [0.1, 0.15) is 24.0 Å². The molecule has 0 atom stereocenters. The van der Waals surface area contributed by atoms with Crippen molar-refractivity contribution >= 4 is 11.8 Å². The SMILES string of the molecule is NCc1cccc(CNC(=O)C(=O)N2CCCC2)c1. The van der Waals surface area contributed by atoms with Crippen molar-refractivity contribution in [3.05, 3.63) is 35.4 Å². The molecule has 2 amide bonds. The first-order chi connectivity index (χ1) is 9.20. The lowest BCUT2D eigenvalue weighted by molar-refractivity contribution is -0.145. The van der Waals surface area contributed by atoms with E-state index in [4.69, 9.17) is 5.73 Å². The maximum absolute atomic E-state index is 11.8. The quantitative estimate of drug-likeness (QED) is 0.773. The molecule has 5 heteroatoms. The summed E-state index contributed by atoms with van der Waals surface area (Å²) in [4.78, 5) is 25.1. The first-order valence-corrected chi connectivity index (χ1v) is 6.55. The number of carbonyl (C=O) groups excluding carboxylic acids is 2. The number of nitrogens with one attached hydrogen (secondary N) is 1. The Morgan fingerprint density at radius 2 is 1.89 bits per heavy atom. The number of rotatable bonds is 3. The first kappa shape index (κ1) is 13.5. The van der Waals surface area contributed by atoms with E-state index in [9.17, 15) is 9.59 Å². The summed E-state index contributed by atoms with van der Waals surface area (Å²) in [5.41, 5.74) is 7.52. The zero-order valence-electron chi connectivity index (χ0n) is 10.9. The van der Waals surface area contributed by atoms with Crippen molar-refractivity contribution in [2.45, 2.75) is 25.9 Å². The van der Waals surface area contributed by atoms with Gasteiger partial charge in [-0.2, -0.15) is 0 Å². The van der Waals surface area contributed by atoms with Crippen LogP contribution in [0.15, 0.2) is 24.3 Å². The summed E-state index contributed by atoms with van der Waals surface area (Å²) >= 11 is 0. The zero-order chi connectivity index (χ0) is 13.7.